The van der Waals surface area contributed by atoms with Crippen LogP contribution in [0.4, 0.5) is 10.1 Å². The summed E-state index contributed by atoms with van der Waals surface area (Å²) in [6, 6.07) is 24.9. The molecule has 0 saturated heterocycles. The molecule has 0 bridgehead atoms. The van der Waals surface area contributed by atoms with E-state index in [0.717, 1.165) is 5.39 Å². The number of hydrogen-bond donors (Lipinski definition) is 1. The molecule has 0 unspecified atom stereocenters. The maximum absolute atomic E-state index is 13.5. The maximum atomic E-state index is 13.5. The number of amides is 1. The average molecular weight is 693 g/mol. The quantitative estimate of drug-likeness (QED) is 0.142. The number of ether oxygens (including phenoxy) is 1. The first-order chi connectivity index (χ1) is 20.3. The number of nitrogens with one attached hydrogen (secondary N) is 1. The molecule has 208 valence electrons. The third-order valence-corrected chi connectivity index (χ3v) is 7.28. The molecule has 2 heterocycles. The Balaban J connectivity index is 1.27. The first-order valence-corrected chi connectivity index (χ1v) is 14.0. The van der Waals surface area contributed by atoms with Gasteiger partial charge in [-0.25, -0.2) is 9.37 Å². The lowest BCUT2D eigenvalue weighted by molar-refractivity contribution is -0.118. The van der Waals surface area contributed by atoms with Gasteiger partial charge in [0.2, 0.25) is 5.82 Å². The number of para-hydroxylation sites is 1. The molecule has 0 atom stereocenters. The lowest BCUT2D eigenvalue weighted by Gasteiger charge is -2.10. The normalized spacial score (nSPS) is 11.4. The highest BCUT2D eigenvalue weighted by Gasteiger charge is 2.17. The number of furan rings is 1. The fraction of sp³-hybridized carbons (Fsp3) is 0.0323. The molecule has 0 fully saturated rings. The van der Waals surface area contributed by atoms with E-state index in [1.165, 1.54) is 29.1 Å². The molecular formula is C31H19ClFIN4O4. The zero-order valence-electron chi connectivity index (χ0n) is 21.6. The van der Waals surface area contributed by atoms with Gasteiger partial charge in [-0.05, 0) is 101 Å². The number of benzene rings is 4. The van der Waals surface area contributed by atoms with E-state index in [0.29, 0.717) is 47.8 Å². The van der Waals surface area contributed by atoms with Crippen molar-refractivity contribution < 1.29 is 18.3 Å². The molecule has 0 radical (unpaired) electrons. The number of rotatable bonds is 7. The smallest absolute Gasteiger partial charge is 0.282 e. The number of anilines is 1. The summed E-state index contributed by atoms with van der Waals surface area (Å²) < 4.78 is 26.9. The topological polar surface area (TPSA) is 98.7 Å². The van der Waals surface area contributed by atoms with Crippen LogP contribution in [-0.4, -0.2) is 28.4 Å². The number of carbonyl (C=O) groups excluding carboxylic acids is 1. The van der Waals surface area contributed by atoms with Crippen LogP contribution in [0.15, 0.2) is 105 Å². The van der Waals surface area contributed by atoms with Gasteiger partial charge in [0.1, 0.15) is 17.1 Å². The third kappa shape index (κ3) is 5.90. The number of fused-ring (bicyclic) bond motifs is 2. The molecule has 0 spiro atoms. The van der Waals surface area contributed by atoms with E-state index in [9.17, 15) is 14.0 Å². The number of carbonyl (C=O) groups is 1. The lowest BCUT2D eigenvalue weighted by atomic mass is 10.2. The SMILES string of the molecule is O=C(COc1ccc(C=Nn2c(-c3cc4cc(Cl)ccc4o3)nc3ccccc3c2=O)cc1I)Nc1cccc(F)c1. The standard InChI is InChI=1S/C31H19ClFIN4O4/c32-20-9-11-26-19(13-20)14-28(42-26)30-37-25-7-2-1-6-23(25)31(40)38(30)35-16-18-8-10-27(24(34)12-18)41-17-29(39)36-22-5-3-4-21(33)15-22/h1-16H,17H2,(H,36,39). The Labute approximate surface area is 256 Å². The molecular weight excluding hydrogens is 674 g/mol. The van der Waals surface area contributed by atoms with Crippen molar-refractivity contribution >= 4 is 73.9 Å². The fourth-order valence-corrected chi connectivity index (χ4v) is 5.14. The molecule has 0 aliphatic rings. The number of hydrogen-bond acceptors (Lipinski definition) is 6. The van der Waals surface area contributed by atoms with Crippen molar-refractivity contribution in [1.82, 2.24) is 9.66 Å². The highest BCUT2D eigenvalue weighted by molar-refractivity contribution is 14.1. The van der Waals surface area contributed by atoms with Gasteiger partial charge < -0.3 is 14.5 Å². The van der Waals surface area contributed by atoms with Gasteiger partial charge in [0.25, 0.3) is 11.5 Å². The van der Waals surface area contributed by atoms with E-state index in [2.05, 4.69) is 38.0 Å². The van der Waals surface area contributed by atoms with Gasteiger partial charge in [0.15, 0.2) is 12.4 Å². The number of nitrogens with zero attached hydrogens (tertiary/aromatic N) is 3. The van der Waals surface area contributed by atoms with E-state index in [1.54, 1.807) is 72.8 Å². The van der Waals surface area contributed by atoms with Crippen molar-refractivity contribution in [2.75, 3.05) is 11.9 Å². The van der Waals surface area contributed by atoms with Crippen molar-refractivity contribution in [3.63, 3.8) is 0 Å². The summed E-state index contributed by atoms with van der Waals surface area (Å²) >= 11 is 8.23. The summed E-state index contributed by atoms with van der Waals surface area (Å²) in [6.07, 6.45) is 1.53. The summed E-state index contributed by atoms with van der Waals surface area (Å²) in [5.74, 6) is 0.208. The molecule has 1 N–H and O–H groups in total. The molecule has 8 nitrogen and oxygen atoms in total. The Morgan fingerprint density at radius 2 is 1.93 bits per heavy atom. The molecule has 0 aliphatic carbocycles. The Kier molecular flexibility index (Phi) is 7.72. The lowest BCUT2D eigenvalue weighted by Crippen LogP contribution is -2.20. The van der Waals surface area contributed by atoms with Crippen LogP contribution in [0.1, 0.15) is 5.56 Å². The van der Waals surface area contributed by atoms with E-state index < -0.39 is 11.7 Å². The molecule has 0 saturated carbocycles. The van der Waals surface area contributed by atoms with E-state index in [1.807, 2.05) is 0 Å². The molecule has 0 aliphatic heterocycles. The zero-order chi connectivity index (χ0) is 29.2. The van der Waals surface area contributed by atoms with Crippen LogP contribution in [0.25, 0.3) is 33.5 Å². The minimum atomic E-state index is -0.447. The Hall–Kier alpha value is -4.55. The second-order valence-corrected chi connectivity index (χ2v) is 10.7. The largest absolute Gasteiger partial charge is 0.483 e. The summed E-state index contributed by atoms with van der Waals surface area (Å²) in [5.41, 5.74) is 1.78. The summed E-state index contributed by atoms with van der Waals surface area (Å²) in [4.78, 5) is 30.4. The second-order valence-electron chi connectivity index (χ2n) is 9.14. The monoisotopic (exact) mass is 692 g/mol. The highest BCUT2D eigenvalue weighted by atomic mass is 127. The number of halogens is 3. The summed E-state index contributed by atoms with van der Waals surface area (Å²) in [5, 5.41) is 8.81. The average Bonchev–Trinajstić information content (AvgIpc) is 3.39. The fourth-order valence-electron chi connectivity index (χ4n) is 4.26. The Bertz CT molecular complexity index is 2070. The van der Waals surface area contributed by atoms with Gasteiger partial charge in [-0.1, -0.05) is 29.8 Å². The van der Waals surface area contributed by atoms with Gasteiger partial charge >= 0.3 is 0 Å². The van der Waals surface area contributed by atoms with Crippen LogP contribution in [0.5, 0.6) is 5.75 Å². The van der Waals surface area contributed by atoms with Crippen molar-refractivity contribution in [1.29, 1.82) is 0 Å². The molecule has 42 heavy (non-hydrogen) atoms. The van der Waals surface area contributed by atoms with Crippen molar-refractivity contribution in [2.24, 2.45) is 5.10 Å². The van der Waals surface area contributed by atoms with Gasteiger partial charge in [-0.3, -0.25) is 9.59 Å². The van der Waals surface area contributed by atoms with Gasteiger partial charge in [0.05, 0.1) is 20.7 Å². The van der Waals surface area contributed by atoms with Gasteiger partial charge in [-0.15, -0.1) is 0 Å². The molecule has 6 rings (SSSR count). The van der Waals surface area contributed by atoms with Crippen LogP contribution < -0.4 is 15.6 Å². The predicted octanol–water partition coefficient (Wildman–Crippen LogP) is 7.11. The predicted molar refractivity (Wildman–Crippen MR) is 169 cm³/mol. The first-order valence-electron chi connectivity index (χ1n) is 12.6. The summed E-state index contributed by atoms with van der Waals surface area (Å²) in [7, 11) is 0. The van der Waals surface area contributed by atoms with Gasteiger partial charge in [-0.2, -0.15) is 9.78 Å². The van der Waals surface area contributed by atoms with Crippen LogP contribution in [-0.2, 0) is 4.79 Å². The van der Waals surface area contributed by atoms with Crippen molar-refractivity contribution in [3.8, 4) is 17.3 Å². The number of aromatic nitrogens is 2. The Morgan fingerprint density at radius 3 is 2.76 bits per heavy atom. The minimum Gasteiger partial charge on any atom is -0.483 e. The molecule has 4 aromatic carbocycles. The molecule has 11 heteroatoms. The van der Waals surface area contributed by atoms with Crippen LogP contribution in [0.2, 0.25) is 5.02 Å². The van der Waals surface area contributed by atoms with Gasteiger partial charge in [0, 0.05) is 16.1 Å². The first kappa shape index (κ1) is 27.6. The molecule has 1 amide bonds. The Morgan fingerprint density at radius 1 is 1.07 bits per heavy atom. The highest BCUT2D eigenvalue weighted by Crippen LogP contribution is 2.29. The second kappa shape index (κ2) is 11.7. The third-order valence-electron chi connectivity index (χ3n) is 6.20. The van der Waals surface area contributed by atoms with Crippen molar-refractivity contribution in [3.05, 3.63) is 121 Å². The van der Waals surface area contributed by atoms with Crippen LogP contribution >= 0.6 is 34.2 Å². The molecule has 2 aromatic heterocycles. The van der Waals surface area contributed by atoms with E-state index >= 15 is 0 Å². The van der Waals surface area contributed by atoms with Crippen LogP contribution in [0, 0.1) is 9.39 Å². The van der Waals surface area contributed by atoms with Crippen LogP contribution in [0.3, 0.4) is 0 Å². The van der Waals surface area contributed by atoms with E-state index in [4.69, 9.17) is 20.8 Å². The zero-order valence-corrected chi connectivity index (χ0v) is 24.5. The maximum Gasteiger partial charge on any atom is 0.282 e. The summed E-state index contributed by atoms with van der Waals surface area (Å²) in [6.45, 7) is -0.260. The van der Waals surface area contributed by atoms with Crippen molar-refractivity contribution in [2.45, 2.75) is 0 Å². The minimum absolute atomic E-state index is 0.237. The van der Waals surface area contributed by atoms with E-state index in [-0.39, 0.29) is 18.0 Å². The molecule has 6 aromatic rings.